The van der Waals surface area contributed by atoms with Gasteiger partial charge in [0.25, 0.3) is 0 Å². The van der Waals surface area contributed by atoms with Gasteiger partial charge in [-0.1, -0.05) is 51.9 Å². The maximum absolute atomic E-state index is 4.23. The van der Waals surface area contributed by atoms with Crippen LogP contribution in [0, 0.1) is 6.92 Å². The topological polar surface area (TPSA) is 17.8 Å². The molecule has 0 bridgehead atoms. The molecule has 2 nitrogen and oxygen atoms in total. The molecule has 0 fully saturated rings. The number of hydrogen-bond acceptors (Lipinski definition) is 1. The predicted octanol–water partition coefficient (Wildman–Crippen LogP) is 4.33. The average Bonchev–Trinajstić information content (AvgIpc) is 2.68. The Morgan fingerprint density at radius 2 is 1.62 bits per heavy atom. The van der Waals surface area contributed by atoms with Crippen molar-refractivity contribution in [1.82, 2.24) is 9.55 Å². The van der Waals surface area contributed by atoms with Gasteiger partial charge in [0.05, 0.1) is 0 Å². The van der Waals surface area contributed by atoms with Gasteiger partial charge >= 0.3 is 0 Å². The fourth-order valence-electron chi connectivity index (χ4n) is 2.06. The standard InChI is InChI=1S/C14H26N2/c1-3-4-5-6-7-8-9-10-12-16-13-11-15-14(16)2/h11,13H,3-10,12H2,1-2H3. The lowest BCUT2D eigenvalue weighted by Gasteiger charge is -2.04. The van der Waals surface area contributed by atoms with Crippen molar-refractivity contribution in [2.45, 2.75) is 71.8 Å². The zero-order valence-electron chi connectivity index (χ0n) is 10.9. The first kappa shape index (κ1) is 13.3. The fraction of sp³-hybridized carbons (Fsp3) is 0.786. The van der Waals surface area contributed by atoms with Crippen molar-refractivity contribution in [1.29, 1.82) is 0 Å². The van der Waals surface area contributed by atoms with E-state index in [1.807, 2.05) is 6.20 Å². The van der Waals surface area contributed by atoms with Crippen LogP contribution in [0.15, 0.2) is 12.4 Å². The third kappa shape index (κ3) is 5.34. The molecule has 0 aliphatic carbocycles. The third-order valence-electron chi connectivity index (χ3n) is 3.18. The second-order valence-corrected chi connectivity index (χ2v) is 4.64. The molecule has 1 aromatic rings. The van der Waals surface area contributed by atoms with E-state index in [1.54, 1.807) is 0 Å². The van der Waals surface area contributed by atoms with Crippen LogP contribution in [0.5, 0.6) is 0 Å². The minimum atomic E-state index is 1.14. The van der Waals surface area contributed by atoms with Gasteiger partial charge in [0.2, 0.25) is 0 Å². The van der Waals surface area contributed by atoms with Gasteiger partial charge in [0.15, 0.2) is 0 Å². The fourth-order valence-corrected chi connectivity index (χ4v) is 2.06. The van der Waals surface area contributed by atoms with E-state index in [4.69, 9.17) is 0 Å². The molecule has 1 aromatic heterocycles. The molecule has 0 unspecified atom stereocenters. The zero-order valence-corrected chi connectivity index (χ0v) is 10.9. The van der Waals surface area contributed by atoms with Crippen LogP contribution in [0.3, 0.4) is 0 Å². The summed E-state index contributed by atoms with van der Waals surface area (Å²) in [5.74, 6) is 1.14. The Bertz CT molecular complexity index is 265. The van der Waals surface area contributed by atoms with Crippen LogP contribution in [-0.2, 0) is 6.54 Å². The molecule has 1 rings (SSSR count). The smallest absolute Gasteiger partial charge is 0.105 e. The van der Waals surface area contributed by atoms with Crippen molar-refractivity contribution in [3.63, 3.8) is 0 Å². The maximum Gasteiger partial charge on any atom is 0.105 e. The minimum absolute atomic E-state index is 1.14. The molecule has 0 aliphatic rings. The van der Waals surface area contributed by atoms with E-state index < -0.39 is 0 Å². The summed E-state index contributed by atoms with van der Waals surface area (Å²) in [5.41, 5.74) is 0. The van der Waals surface area contributed by atoms with Crippen molar-refractivity contribution in [2.75, 3.05) is 0 Å². The Labute approximate surface area is 100 Å². The molecule has 0 saturated heterocycles. The molecule has 0 aliphatic heterocycles. The molecule has 92 valence electrons. The Hall–Kier alpha value is -0.790. The highest BCUT2D eigenvalue weighted by atomic mass is 15.0. The molecule has 0 saturated carbocycles. The van der Waals surface area contributed by atoms with E-state index in [0.717, 1.165) is 12.4 Å². The van der Waals surface area contributed by atoms with Crippen molar-refractivity contribution < 1.29 is 0 Å². The Kier molecular flexibility index (Phi) is 6.95. The molecule has 0 aromatic carbocycles. The summed E-state index contributed by atoms with van der Waals surface area (Å²) in [7, 11) is 0. The lowest BCUT2D eigenvalue weighted by atomic mass is 10.1. The summed E-state index contributed by atoms with van der Waals surface area (Å²) in [5, 5.41) is 0. The Morgan fingerprint density at radius 1 is 1.00 bits per heavy atom. The monoisotopic (exact) mass is 222 g/mol. The summed E-state index contributed by atoms with van der Waals surface area (Å²) in [4.78, 5) is 4.23. The van der Waals surface area contributed by atoms with Gasteiger partial charge in [-0.3, -0.25) is 0 Å². The molecular formula is C14H26N2. The van der Waals surface area contributed by atoms with E-state index in [1.165, 1.54) is 51.4 Å². The first-order valence-electron chi connectivity index (χ1n) is 6.82. The third-order valence-corrected chi connectivity index (χ3v) is 3.18. The van der Waals surface area contributed by atoms with Crippen molar-refractivity contribution in [3.05, 3.63) is 18.2 Å². The highest BCUT2D eigenvalue weighted by Crippen LogP contribution is 2.09. The first-order valence-corrected chi connectivity index (χ1v) is 6.82. The van der Waals surface area contributed by atoms with E-state index in [-0.39, 0.29) is 0 Å². The van der Waals surface area contributed by atoms with Gasteiger partial charge in [0.1, 0.15) is 5.82 Å². The lowest BCUT2D eigenvalue weighted by Crippen LogP contribution is -1.98. The maximum atomic E-state index is 4.23. The van der Waals surface area contributed by atoms with Crippen LogP contribution in [0.1, 0.15) is 64.1 Å². The highest BCUT2D eigenvalue weighted by Gasteiger charge is 1.96. The molecule has 2 heteroatoms. The Morgan fingerprint density at radius 3 is 2.19 bits per heavy atom. The van der Waals surface area contributed by atoms with Crippen LogP contribution < -0.4 is 0 Å². The van der Waals surface area contributed by atoms with Gasteiger partial charge in [-0.05, 0) is 13.3 Å². The molecule has 16 heavy (non-hydrogen) atoms. The lowest BCUT2D eigenvalue weighted by molar-refractivity contribution is 0.539. The largest absolute Gasteiger partial charge is 0.335 e. The van der Waals surface area contributed by atoms with Crippen molar-refractivity contribution in [2.24, 2.45) is 0 Å². The van der Waals surface area contributed by atoms with E-state index in [2.05, 4.69) is 29.6 Å². The normalized spacial score (nSPS) is 10.9. The summed E-state index contributed by atoms with van der Waals surface area (Å²) < 4.78 is 2.25. The summed E-state index contributed by atoms with van der Waals surface area (Å²) >= 11 is 0. The minimum Gasteiger partial charge on any atom is -0.335 e. The summed E-state index contributed by atoms with van der Waals surface area (Å²) in [6, 6.07) is 0. The van der Waals surface area contributed by atoms with Gasteiger partial charge in [0, 0.05) is 18.9 Å². The average molecular weight is 222 g/mol. The Balaban J connectivity index is 1.91. The molecule has 0 atom stereocenters. The van der Waals surface area contributed by atoms with Crippen LogP contribution in [0.4, 0.5) is 0 Å². The number of nitrogens with zero attached hydrogens (tertiary/aromatic N) is 2. The van der Waals surface area contributed by atoms with Gasteiger partial charge in [-0.25, -0.2) is 4.98 Å². The van der Waals surface area contributed by atoms with E-state index >= 15 is 0 Å². The van der Waals surface area contributed by atoms with Crippen LogP contribution in [0.25, 0.3) is 0 Å². The molecule has 0 spiro atoms. The molecule has 1 heterocycles. The summed E-state index contributed by atoms with van der Waals surface area (Å²) in [6.45, 7) is 5.49. The molecule has 0 N–H and O–H groups in total. The van der Waals surface area contributed by atoms with Crippen molar-refractivity contribution in [3.8, 4) is 0 Å². The second-order valence-electron chi connectivity index (χ2n) is 4.64. The van der Waals surface area contributed by atoms with Crippen LogP contribution >= 0.6 is 0 Å². The summed E-state index contributed by atoms with van der Waals surface area (Å²) in [6.07, 6.45) is 15.1. The second kappa shape index (κ2) is 8.37. The molecule has 0 amide bonds. The first-order chi connectivity index (χ1) is 7.84. The number of aromatic nitrogens is 2. The molecular weight excluding hydrogens is 196 g/mol. The van der Waals surface area contributed by atoms with Crippen LogP contribution in [0.2, 0.25) is 0 Å². The predicted molar refractivity (Wildman–Crippen MR) is 69.6 cm³/mol. The SMILES string of the molecule is CCCCCCCCCCn1ccnc1C. The zero-order chi connectivity index (χ0) is 11.6. The van der Waals surface area contributed by atoms with E-state index in [0.29, 0.717) is 0 Å². The highest BCUT2D eigenvalue weighted by molar-refractivity contribution is 4.87. The van der Waals surface area contributed by atoms with Gasteiger partial charge in [-0.15, -0.1) is 0 Å². The number of imidazole rings is 1. The van der Waals surface area contributed by atoms with Gasteiger partial charge in [-0.2, -0.15) is 0 Å². The number of rotatable bonds is 9. The van der Waals surface area contributed by atoms with E-state index in [9.17, 15) is 0 Å². The van der Waals surface area contributed by atoms with Crippen molar-refractivity contribution >= 4 is 0 Å². The quantitative estimate of drug-likeness (QED) is 0.569. The molecule has 0 radical (unpaired) electrons. The van der Waals surface area contributed by atoms with Gasteiger partial charge < -0.3 is 4.57 Å². The number of aryl methyl sites for hydroxylation is 2. The number of unbranched alkanes of at least 4 members (excludes halogenated alkanes) is 7. The number of hydrogen-bond donors (Lipinski definition) is 0. The van der Waals surface area contributed by atoms with Crippen LogP contribution in [-0.4, -0.2) is 9.55 Å².